The highest BCUT2D eigenvalue weighted by Gasteiger charge is 2.61. The summed E-state index contributed by atoms with van der Waals surface area (Å²) < 4.78 is 34.8. The van der Waals surface area contributed by atoms with Crippen molar-refractivity contribution in [3.63, 3.8) is 0 Å². The van der Waals surface area contributed by atoms with Crippen LogP contribution >= 0.6 is 0 Å². The van der Waals surface area contributed by atoms with Gasteiger partial charge in [-0.05, 0) is 105 Å². The molecule has 0 fully saturated rings. The van der Waals surface area contributed by atoms with Crippen LogP contribution in [0.1, 0.15) is 177 Å². The molecule has 0 radical (unpaired) electrons. The highest BCUT2D eigenvalue weighted by Crippen LogP contribution is 2.68. The molecule has 11 rings (SSSR count). The van der Waals surface area contributed by atoms with Gasteiger partial charge in [0, 0.05) is 57.6 Å². The molecule has 0 saturated heterocycles. The van der Waals surface area contributed by atoms with Crippen molar-refractivity contribution < 1.29 is 78.6 Å². The van der Waals surface area contributed by atoms with Crippen molar-refractivity contribution in [1.82, 2.24) is 0 Å². The molecule has 0 saturated carbocycles. The Morgan fingerprint density at radius 1 is 0.519 bits per heavy atom. The second kappa shape index (κ2) is 18.9. The van der Waals surface area contributed by atoms with Crippen molar-refractivity contribution in [2.45, 2.75) is 123 Å². The molecule has 5 atom stereocenters. The maximum Gasteiger partial charge on any atom is 0.193 e. The van der Waals surface area contributed by atoms with E-state index in [4.69, 9.17) is 23.7 Å². The minimum atomic E-state index is -1.23. The zero-order valence-electron chi connectivity index (χ0n) is 46.4. The van der Waals surface area contributed by atoms with Gasteiger partial charge >= 0.3 is 0 Å². The Bertz CT molecular complexity index is 3810. The molecule has 418 valence electrons. The average Bonchev–Trinajstić information content (AvgIpc) is 3.11. The Morgan fingerprint density at radius 3 is 1.59 bits per heavy atom. The normalized spacial score (nSPS) is 21.0. The van der Waals surface area contributed by atoms with Crippen LogP contribution in [-0.4, -0.2) is 75.7 Å². The van der Waals surface area contributed by atoms with Crippen LogP contribution in [0.25, 0.3) is 12.2 Å². The average molecular weight is 1100 g/mol. The van der Waals surface area contributed by atoms with E-state index in [1.165, 1.54) is 32.9 Å². The van der Waals surface area contributed by atoms with Gasteiger partial charge in [-0.15, -0.1) is 0 Å². The first-order valence-corrected chi connectivity index (χ1v) is 26.8. The fraction of sp³-hybridized carbons (Fsp3) is 0.323. The van der Waals surface area contributed by atoms with Crippen LogP contribution in [0.15, 0.2) is 72.8 Å². The first kappa shape index (κ1) is 54.1. The summed E-state index contributed by atoms with van der Waals surface area (Å²) in [6.07, 6.45) is 3.19. The Kier molecular flexibility index (Phi) is 12.6. The molecule has 6 aromatic rings. The summed E-state index contributed by atoms with van der Waals surface area (Å²) in [7, 11) is 0. The van der Waals surface area contributed by atoms with Gasteiger partial charge in [0.1, 0.15) is 120 Å². The molecule has 16 heteroatoms. The van der Waals surface area contributed by atoms with Crippen molar-refractivity contribution in [2.24, 2.45) is 11.8 Å². The zero-order chi connectivity index (χ0) is 58.3. The van der Waals surface area contributed by atoms with Gasteiger partial charge in [0.05, 0.1) is 11.1 Å². The van der Waals surface area contributed by atoms with Gasteiger partial charge in [0.15, 0.2) is 23.1 Å². The molecule has 0 bridgehead atoms. The number of fused-ring (bicyclic) bond motifs is 9. The number of carbonyl (C=O) groups is 4. The molecule has 5 aliphatic rings. The molecule has 16 nitrogen and oxygen atoms in total. The van der Waals surface area contributed by atoms with E-state index in [1.54, 1.807) is 50.3 Å². The van der Waals surface area contributed by atoms with Gasteiger partial charge in [0.2, 0.25) is 0 Å². The Balaban J connectivity index is 1.12. The van der Waals surface area contributed by atoms with E-state index in [0.29, 0.717) is 16.7 Å². The fourth-order valence-electron chi connectivity index (χ4n) is 13.0. The van der Waals surface area contributed by atoms with Gasteiger partial charge in [-0.2, -0.15) is 0 Å². The lowest BCUT2D eigenvalue weighted by Gasteiger charge is -2.55. The summed E-state index contributed by atoms with van der Waals surface area (Å²) in [6, 6.07) is 18.1. The summed E-state index contributed by atoms with van der Waals surface area (Å²) in [5.74, 6) is -8.81. The molecule has 81 heavy (non-hydrogen) atoms. The van der Waals surface area contributed by atoms with Crippen molar-refractivity contribution >= 4 is 35.3 Å². The third-order valence-electron chi connectivity index (χ3n) is 17.0. The fourth-order valence-corrected chi connectivity index (χ4v) is 13.0. The Hall–Kier alpha value is -8.92. The predicted molar refractivity (Wildman–Crippen MR) is 298 cm³/mol. The molecule has 0 amide bonds. The number of ether oxygens (including phenoxy) is 5. The van der Waals surface area contributed by atoms with Gasteiger partial charge in [0.25, 0.3) is 0 Å². The molecule has 7 N–H and O–H groups in total. The molecule has 0 aromatic heterocycles. The number of allylic oxidation sites excluding steroid dienone is 2. The Morgan fingerprint density at radius 2 is 1.01 bits per heavy atom. The lowest BCUT2D eigenvalue weighted by Crippen LogP contribution is -2.54. The van der Waals surface area contributed by atoms with Crippen molar-refractivity contribution in [3.05, 3.63) is 151 Å². The number of rotatable bonds is 10. The van der Waals surface area contributed by atoms with Gasteiger partial charge in [-0.1, -0.05) is 72.8 Å². The number of hydrogen-bond acceptors (Lipinski definition) is 16. The number of hydrogen-bond donors (Lipinski definition) is 7. The third-order valence-corrected chi connectivity index (χ3v) is 17.0. The van der Waals surface area contributed by atoms with Crippen LogP contribution in [0.3, 0.4) is 0 Å². The van der Waals surface area contributed by atoms with Crippen LogP contribution < -0.4 is 23.7 Å². The minimum absolute atomic E-state index is 0.0112. The van der Waals surface area contributed by atoms with E-state index in [0.717, 1.165) is 12.5 Å². The molecule has 0 aliphatic carbocycles. The Labute approximate surface area is 467 Å². The van der Waals surface area contributed by atoms with Gasteiger partial charge in [-0.3, -0.25) is 19.2 Å². The standard InChI is InChI=1S/C65H62O16/c1-28-49(70)34(53(74)41(30(3)66)50(28)71)25-35-54(75)45(40(69)24-22-33-19-15-12-16-20-33)60-43-37(27-63(5,6)79-60)48-62(78-56(35)43)47-55(76)42(31(4)67)57-36(58(47)80-65(48,9)10)26-38-59(77-57)46-52(73)29(2)51(72)44(61(46)81-64(38,7)8)39(68)23-21-32-17-13-11-14-18-32/h11-24,37-38,48,59,62,70-76H,25-27H2,1-10H3/t37-,38+,48+,59+,62+/m0/s1. The maximum atomic E-state index is 14.8. The molecular weight excluding hydrogens is 1040 g/mol. The third kappa shape index (κ3) is 8.39. The topological polar surface area (TPSA) is 256 Å². The smallest absolute Gasteiger partial charge is 0.193 e. The molecule has 5 heterocycles. The molecular formula is C65H62O16. The van der Waals surface area contributed by atoms with E-state index < -0.39 is 122 Å². The maximum absolute atomic E-state index is 14.8. The number of aromatic hydroxyl groups is 7. The van der Waals surface area contributed by atoms with Crippen LogP contribution in [0, 0.1) is 25.7 Å². The first-order chi connectivity index (χ1) is 38.2. The number of benzene rings is 6. The summed E-state index contributed by atoms with van der Waals surface area (Å²) in [6.45, 7) is 16.2. The van der Waals surface area contributed by atoms with Crippen molar-refractivity contribution in [2.75, 3.05) is 0 Å². The van der Waals surface area contributed by atoms with Crippen molar-refractivity contribution in [3.8, 4) is 69.0 Å². The molecule has 0 spiro atoms. The highest BCUT2D eigenvalue weighted by molar-refractivity contribution is 6.12. The summed E-state index contributed by atoms with van der Waals surface area (Å²) >= 11 is 0. The summed E-state index contributed by atoms with van der Waals surface area (Å²) in [5, 5.41) is 83.6. The minimum Gasteiger partial charge on any atom is -0.507 e. The van der Waals surface area contributed by atoms with Crippen LogP contribution in [0.4, 0.5) is 0 Å². The van der Waals surface area contributed by atoms with Crippen LogP contribution in [-0.2, 0) is 12.8 Å². The SMILES string of the molecule is CC(=O)c1c(O)c(C)c(O)c(Cc2c(O)c(C(=O)C=Cc3ccccc3)c3c4c2O[C@@H]2c5c(O)c(C(C)=O)c6c(c5OC(C)(C)[C@@H]2[C@H]4CC(C)(C)O3)C[C@@H]2[C@@H](O6)c3c(O)c(C)c(O)c(C(=O)C=Cc4ccccc4)c3OC2(C)C)c1O. The van der Waals surface area contributed by atoms with E-state index in [-0.39, 0.29) is 91.7 Å². The number of ketones is 4. The highest BCUT2D eigenvalue weighted by atomic mass is 16.5. The van der Waals surface area contributed by atoms with E-state index in [2.05, 4.69) is 0 Å². The quantitative estimate of drug-likeness (QED) is 0.0497. The second-order valence-electron chi connectivity index (χ2n) is 23.5. The lowest BCUT2D eigenvalue weighted by atomic mass is 9.63. The van der Waals surface area contributed by atoms with E-state index in [1.807, 2.05) is 64.1 Å². The molecule has 0 unspecified atom stereocenters. The molecule has 5 aliphatic heterocycles. The molecule has 6 aromatic carbocycles. The monoisotopic (exact) mass is 1100 g/mol. The van der Waals surface area contributed by atoms with Crippen LogP contribution in [0.5, 0.6) is 69.0 Å². The number of Topliss-reactive ketones (excluding diaryl/α,β-unsaturated/α-hetero) is 2. The van der Waals surface area contributed by atoms with E-state index in [9.17, 15) is 54.9 Å². The van der Waals surface area contributed by atoms with Crippen LogP contribution in [0.2, 0.25) is 0 Å². The van der Waals surface area contributed by atoms with E-state index >= 15 is 0 Å². The lowest BCUT2D eigenvalue weighted by molar-refractivity contribution is -0.0888. The van der Waals surface area contributed by atoms with Gasteiger partial charge < -0.3 is 59.4 Å². The summed E-state index contributed by atoms with van der Waals surface area (Å²) in [5.41, 5.74) is -2.91. The second-order valence-corrected chi connectivity index (χ2v) is 23.5. The zero-order valence-corrected chi connectivity index (χ0v) is 46.4. The first-order valence-electron chi connectivity index (χ1n) is 26.8. The van der Waals surface area contributed by atoms with Crippen molar-refractivity contribution in [1.29, 1.82) is 0 Å². The number of phenolic OH excluding ortho intramolecular Hbond substituents is 7. The largest absolute Gasteiger partial charge is 0.507 e. The number of carbonyl (C=O) groups excluding carboxylic acids is 4. The number of phenols is 7. The van der Waals surface area contributed by atoms with Gasteiger partial charge in [-0.25, -0.2) is 0 Å². The predicted octanol–water partition coefficient (Wildman–Crippen LogP) is 12.1. The summed E-state index contributed by atoms with van der Waals surface area (Å²) in [4.78, 5) is 56.2.